The normalized spacial score (nSPS) is 13.5. The first-order valence-electron chi connectivity index (χ1n) is 10.6. The third kappa shape index (κ3) is 8.78. The molecule has 0 saturated heterocycles. The Hall–Kier alpha value is -0.160. The number of hydrogen-bond acceptors (Lipinski definition) is 5. The highest BCUT2D eigenvalue weighted by atomic mass is 127. The molecule has 0 spiro atoms. The fourth-order valence-corrected chi connectivity index (χ4v) is 4.81. The largest absolute Gasteiger partial charge is 0.426 e. The number of carbonyl (C=O) groups excluding carboxylic acids is 2. The van der Waals surface area contributed by atoms with E-state index in [1.165, 1.54) is 0 Å². The van der Waals surface area contributed by atoms with Gasteiger partial charge in [-0.15, -0.1) is 0 Å². The first kappa shape index (κ1) is 30.9. The summed E-state index contributed by atoms with van der Waals surface area (Å²) in [6, 6.07) is 0. The highest BCUT2D eigenvalue weighted by molar-refractivity contribution is 14.1. The lowest BCUT2D eigenvalue weighted by Gasteiger charge is -2.29. The Balaban J connectivity index is 2.53. The van der Waals surface area contributed by atoms with Crippen LogP contribution >= 0.6 is 54.5 Å². The highest BCUT2D eigenvalue weighted by Gasteiger charge is 2.32. The lowest BCUT2D eigenvalue weighted by Crippen LogP contribution is -2.39. The third-order valence-corrected chi connectivity index (χ3v) is 9.20. The van der Waals surface area contributed by atoms with Crippen LogP contribution in [0.25, 0.3) is 0 Å². The molecular formula is C23H29B2Br2IO5. The summed E-state index contributed by atoms with van der Waals surface area (Å²) in [5.41, 5.74) is -0.292. The molecular weight excluding hydrogens is 665 g/mol. The molecule has 4 radical (unpaired) electrons. The molecule has 178 valence electrons. The lowest BCUT2D eigenvalue weighted by atomic mass is 9.80. The number of hydrogen-bond donors (Lipinski definition) is 0. The van der Waals surface area contributed by atoms with E-state index in [1.807, 2.05) is 20.8 Å². The number of esters is 1. The zero-order valence-corrected chi connectivity index (χ0v) is 25.1. The fraction of sp³-hybridized carbons (Fsp3) is 0.565. The molecule has 0 fully saturated rings. The van der Waals surface area contributed by atoms with Crippen LogP contribution in [-0.2, 0) is 19.1 Å². The van der Waals surface area contributed by atoms with Crippen LogP contribution < -0.4 is 15.7 Å². The van der Waals surface area contributed by atoms with Crippen molar-refractivity contribution in [1.29, 1.82) is 0 Å². The molecule has 1 aromatic carbocycles. The topological polar surface area (TPSA) is 61.8 Å². The van der Waals surface area contributed by atoms with Crippen LogP contribution in [0.5, 0.6) is 5.75 Å². The number of halogens is 3. The average molecular weight is 694 g/mol. The van der Waals surface area contributed by atoms with Crippen molar-refractivity contribution in [3.05, 3.63) is 24.7 Å². The summed E-state index contributed by atoms with van der Waals surface area (Å²) in [4.78, 5) is 24.6. The molecule has 1 aromatic rings. The van der Waals surface area contributed by atoms with Gasteiger partial charge in [-0.2, -0.15) is 0 Å². The fourth-order valence-electron chi connectivity index (χ4n) is 3.00. The predicted molar refractivity (Wildman–Crippen MR) is 149 cm³/mol. The van der Waals surface area contributed by atoms with Crippen molar-refractivity contribution in [3.8, 4) is 5.75 Å². The molecule has 0 bridgehead atoms. The molecule has 0 aromatic heterocycles. The van der Waals surface area contributed by atoms with Gasteiger partial charge in [-0.25, -0.2) is 0 Å². The number of carbonyl (C=O) groups is 2. The van der Waals surface area contributed by atoms with Gasteiger partial charge in [-0.1, -0.05) is 24.4 Å². The Morgan fingerprint density at radius 2 is 1.67 bits per heavy atom. The zero-order valence-electron chi connectivity index (χ0n) is 19.8. The van der Waals surface area contributed by atoms with Crippen LogP contribution in [0.4, 0.5) is 0 Å². The number of ether oxygens (including phenoxy) is 3. The van der Waals surface area contributed by atoms with E-state index in [1.54, 1.807) is 13.8 Å². The second kappa shape index (κ2) is 13.2. The molecule has 0 aliphatic carbocycles. The third-order valence-electron chi connectivity index (χ3n) is 5.26. The molecule has 0 aliphatic rings. The summed E-state index contributed by atoms with van der Waals surface area (Å²) in [5, 5.41) is 0. The highest BCUT2D eigenvalue weighted by Crippen LogP contribution is 2.33. The Bertz CT molecular complexity index is 878. The molecule has 1 unspecified atom stereocenters. The quantitative estimate of drug-likeness (QED) is 0.0575. The van der Waals surface area contributed by atoms with Crippen LogP contribution in [0.3, 0.4) is 0 Å². The van der Waals surface area contributed by atoms with E-state index in [0.717, 1.165) is 3.57 Å². The molecule has 0 saturated carbocycles. The molecule has 0 heterocycles. The van der Waals surface area contributed by atoms with E-state index in [9.17, 15) is 9.59 Å². The number of rotatable bonds is 13. The Kier molecular flexibility index (Phi) is 12.4. The van der Waals surface area contributed by atoms with Gasteiger partial charge in [0.25, 0.3) is 0 Å². The molecule has 1 atom stereocenters. The summed E-state index contributed by atoms with van der Waals surface area (Å²) in [5.74, 6) is -0.372. The van der Waals surface area contributed by atoms with Crippen LogP contribution in [-0.4, -0.2) is 51.9 Å². The number of ketones is 1. The second-order valence-electron chi connectivity index (χ2n) is 8.58. The molecule has 5 nitrogen and oxygen atoms in total. The van der Waals surface area contributed by atoms with E-state index in [0.29, 0.717) is 45.9 Å². The summed E-state index contributed by atoms with van der Waals surface area (Å²) >= 11 is 8.84. The van der Waals surface area contributed by atoms with E-state index in [4.69, 9.17) is 29.9 Å². The van der Waals surface area contributed by atoms with Crippen molar-refractivity contribution < 1.29 is 23.8 Å². The standard InChI is InChI=1S/C23H29B2Br2IO5/c1-7-23(6,21(30)13(2)3)32-11-8-10-22(4,5)31-12-9-14(29)33-20-16(25)15(24)19(28)17(26)18(20)27/h2,7-12H2,1,3-6H3. The number of benzene rings is 1. The molecule has 0 N–H and O–H groups in total. The summed E-state index contributed by atoms with van der Waals surface area (Å²) < 4.78 is 19.1. The van der Waals surface area contributed by atoms with Crippen molar-refractivity contribution in [2.75, 3.05) is 13.2 Å². The van der Waals surface area contributed by atoms with Gasteiger partial charge >= 0.3 is 5.97 Å². The van der Waals surface area contributed by atoms with Gasteiger partial charge in [0.15, 0.2) is 5.78 Å². The van der Waals surface area contributed by atoms with E-state index >= 15 is 0 Å². The van der Waals surface area contributed by atoms with Crippen molar-refractivity contribution in [2.45, 2.75) is 71.5 Å². The van der Waals surface area contributed by atoms with Crippen LogP contribution in [0, 0.1) is 3.57 Å². The van der Waals surface area contributed by atoms with Crippen molar-refractivity contribution in [2.24, 2.45) is 0 Å². The van der Waals surface area contributed by atoms with Crippen LogP contribution in [0.15, 0.2) is 21.1 Å². The van der Waals surface area contributed by atoms with Gasteiger partial charge in [0.1, 0.15) is 27.0 Å². The van der Waals surface area contributed by atoms with Crippen LogP contribution in [0.2, 0.25) is 0 Å². The lowest BCUT2D eigenvalue weighted by molar-refractivity contribution is -0.139. The Morgan fingerprint density at radius 1 is 1.06 bits per heavy atom. The minimum Gasteiger partial charge on any atom is -0.426 e. The molecule has 0 amide bonds. The van der Waals surface area contributed by atoms with Crippen molar-refractivity contribution in [1.82, 2.24) is 0 Å². The second-order valence-corrected chi connectivity index (χ2v) is 11.2. The van der Waals surface area contributed by atoms with Gasteiger partial charge in [-0.05, 0) is 107 Å². The summed E-state index contributed by atoms with van der Waals surface area (Å²) in [7, 11) is 12.0. The van der Waals surface area contributed by atoms with Crippen molar-refractivity contribution in [3.63, 3.8) is 0 Å². The minimum atomic E-state index is -0.857. The van der Waals surface area contributed by atoms with E-state index in [2.05, 4.69) is 61.0 Å². The Morgan fingerprint density at radius 3 is 2.21 bits per heavy atom. The number of Topliss-reactive ketones (excluding diaryl/α,β-unsaturated/α-hetero) is 1. The molecule has 10 heteroatoms. The van der Waals surface area contributed by atoms with Gasteiger partial charge in [0.05, 0.1) is 23.1 Å². The van der Waals surface area contributed by atoms with Gasteiger partial charge in [0, 0.05) is 14.6 Å². The monoisotopic (exact) mass is 692 g/mol. The maximum absolute atomic E-state index is 12.3. The van der Waals surface area contributed by atoms with Crippen molar-refractivity contribution >= 4 is 92.8 Å². The van der Waals surface area contributed by atoms with Gasteiger partial charge in [0.2, 0.25) is 0 Å². The SMILES string of the molecule is [B]c1c([B])c(OC(=O)CCOC(C)(C)CCCOC(C)(CC)C(=O)C(=C)C)c(Br)c(Br)c1I. The summed E-state index contributed by atoms with van der Waals surface area (Å²) in [6.07, 6.45) is 2.03. The summed E-state index contributed by atoms with van der Waals surface area (Å²) in [6.45, 7) is 13.6. The maximum Gasteiger partial charge on any atom is 0.313 e. The molecule has 33 heavy (non-hydrogen) atoms. The minimum absolute atomic E-state index is 0.0519. The maximum atomic E-state index is 12.3. The van der Waals surface area contributed by atoms with E-state index < -0.39 is 17.2 Å². The first-order chi connectivity index (χ1) is 15.2. The smallest absolute Gasteiger partial charge is 0.313 e. The molecule has 1 rings (SSSR count). The van der Waals surface area contributed by atoms with Gasteiger partial charge < -0.3 is 14.2 Å². The first-order valence-corrected chi connectivity index (χ1v) is 13.2. The molecule has 0 aliphatic heterocycles. The zero-order chi connectivity index (χ0) is 25.6. The Labute approximate surface area is 230 Å². The van der Waals surface area contributed by atoms with Gasteiger partial charge in [-0.3, -0.25) is 9.59 Å². The van der Waals surface area contributed by atoms with E-state index in [-0.39, 0.29) is 30.0 Å². The average Bonchev–Trinajstić information content (AvgIpc) is 2.76. The predicted octanol–water partition coefficient (Wildman–Crippen LogP) is 4.61. The van der Waals surface area contributed by atoms with Crippen LogP contribution in [0.1, 0.15) is 60.3 Å².